The van der Waals surface area contributed by atoms with Gasteiger partial charge < -0.3 is 9.80 Å². The summed E-state index contributed by atoms with van der Waals surface area (Å²) in [6.45, 7) is 7.54. The first-order chi connectivity index (χ1) is 30.3. The second kappa shape index (κ2) is 15.3. The molecule has 0 unspecified atom stereocenters. The Morgan fingerprint density at radius 1 is 0.435 bits per heavy atom. The zero-order valence-corrected chi connectivity index (χ0v) is 32.6. The van der Waals surface area contributed by atoms with Gasteiger partial charge in [-0.25, -0.2) is 22.4 Å². The minimum atomic E-state index is -0.735. The van der Waals surface area contributed by atoms with E-state index in [1.165, 1.54) is 24.3 Å². The lowest BCUT2D eigenvalue weighted by Gasteiger charge is -2.30. The molecule has 10 rings (SSSR count). The zero-order chi connectivity index (χ0) is 42.5. The molecule has 0 radical (unpaired) electrons. The van der Waals surface area contributed by atoms with Gasteiger partial charge >= 0.3 is 0 Å². The maximum atomic E-state index is 16.2. The first-order valence-electron chi connectivity index (χ1n) is 19.7. The fourth-order valence-electron chi connectivity index (χ4n) is 8.51. The monoisotopic (exact) mass is 810 g/mol. The molecule has 0 aliphatic rings. The topological polar surface area (TPSA) is 34.6 Å². The summed E-state index contributed by atoms with van der Waals surface area (Å²) in [4.78, 5) is 7.11. The van der Waals surface area contributed by atoms with Crippen molar-refractivity contribution in [2.24, 2.45) is 0 Å². The van der Waals surface area contributed by atoms with E-state index in [4.69, 9.17) is 6.57 Å². The van der Waals surface area contributed by atoms with Crippen molar-refractivity contribution in [1.29, 1.82) is 5.26 Å². The maximum absolute atomic E-state index is 16.2. The number of anilines is 6. The standard InChI is InChI=1S/C54H30F4N4/c1-60-38-18-22-40(23-19-38)62(42-30-47(57)54(48(58)31-42)35-10-6-3-7-11-35)50-27-17-37-14-24-43-49(26-16-36-15-25-44(50)52(37)51(36)43)61(39-20-12-33(32-59)13-21-39)41-28-45(55)53(46(56)29-41)34-8-4-2-5-9-34/h2-31H. The lowest BCUT2D eigenvalue weighted by atomic mass is 9.91. The van der Waals surface area contributed by atoms with Crippen molar-refractivity contribution in [3.8, 4) is 28.3 Å². The van der Waals surface area contributed by atoms with Crippen LogP contribution >= 0.6 is 0 Å². The number of halogens is 4. The molecule has 10 aromatic carbocycles. The van der Waals surface area contributed by atoms with E-state index in [9.17, 15) is 5.26 Å². The Kier molecular flexibility index (Phi) is 9.32. The number of hydrogen-bond acceptors (Lipinski definition) is 3. The average Bonchev–Trinajstić information content (AvgIpc) is 3.30. The number of nitriles is 1. The Balaban J connectivity index is 1.20. The summed E-state index contributed by atoms with van der Waals surface area (Å²) < 4.78 is 64.7. The molecule has 8 heteroatoms. The van der Waals surface area contributed by atoms with Crippen molar-refractivity contribution in [1.82, 2.24) is 0 Å². The van der Waals surface area contributed by atoms with Crippen LogP contribution < -0.4 is 9.80 Å². The normalized spacial score (nSPS) is 11.2. The molecular weight excluding hydrogens is 781 g/mol. The third-order valence-corrected chi connectivity index (χ3v) is 11.3. The molecule has 0 saturated heterocycles. The van der Waals surface area contributed by atoms with Crippen LogP contribution in [-0.4, -0.2) is 0 Å². The van der Waals surface area contributed by atoms with Gasteiger partial charge in [0, 0.05) is 22.1 Å². The number of rotatable bonds is 8. The van der Waals surface area contributed by atoms with E-state index >= 15 is 17.6 Å². The molecule has 0 aromatic heterocycles. The lowest BCUT2D eigenvalue weighted by Crippen LogP contribution is -2.12. The Morgan fingerprint density at radius 3 is 1.21 bits per heavy atom. The summed E-state index contributed by atoms with van der Waals surface area (Å²) in [5.41, 5.74) is 4.26. The van der Waals surface area contributed by atoms with Crippen LogP contribution in [0.15, 0.2) is 182 Å². The Morgan fingerprint density at radius 2 is 0.823 bits per heavy atom. The second-order valence-corrected chi connectivity index (χ2v) is 14.9. The minimum absolute atomic E-state index is 0.137. The van der Waals surface area contributed by atoms with Gasteiger partial charge in [-0.1, -0.05) is 109 Å². The summed E-state index contributed by atoms with van der Waals surface area (Å²) in [5.74, 6) is -2.93. The van der Waals surface area contributed by atoms with E-state index in [-0.39, 0.29) is 22.5 Å². The molecule has 4 nitrogen and oxygen atoms in total. The summed E-state index contributed by atoms with van der Waals surface area (Å²) in [6.07, 6.45) is 0. The minimum Gasteiger partial charge on any atom is -0.310 e. The Hall–Kier alpha value is -8.46. The van der Waals surface area contributed by atoms with Crippen LogP contribution in [0.5, 0.6) is 0 Å². The molecule has 10 aromatic rings. The van der Waals surface area contributed by atoms with Crippen LogP contribution in [0.2, 0.25) is 0 Å². The zero-order valence-electron chi connectivity index (χ0n) is 32.6. The van der Waals surface area contributed by atoms with E-state index in [0.717, 1.165) is 32.3 Å². The number of nitrogens with zero attached hydrogens (tertiary/aromatic N) is 4. The van der Waals surface area contributed by atoms with Crippen LogP contribution in [0.3, 0.4) is 0 Å². The predicted molar refractivity (Wildman–Crippen MR) is 241 cm³/mol. The highest BCUT2D eigenvalue weighted by molar-refractivity contribution is 6.28. The SMILES string of the molecule is [C-]#[N+]c1ccc(N(c2cc(F)c(-c3ccccc3)c(F)c2)c2ccc3ccc4c(N(c5ccc(C#N)cc5)c5cc(F)c(-c6ccccc6)c(F)c5)ccc5ccc2c3c54)cc1. The quantitative estimate of drug-likeness (QED) is 0.0871. The van der Waals surface area contributed by atoms with Crippen molar-refractivity contribution < 1.29 is 17.6 Å². The first-order valence-corrected chi connectivity index (χ1v) is 19.7. The molecule has 294 valence electrons. The molecule has 0 N–H and O–H groups in total. The molecular formula is C54H30F4N4. The van der Waals surface area contributed by atoms with Gasteiger partial charge in [0.25, 0.3) is 0 Å². The van der Waals surface area contributed by atoms with E-state index < -0.39 is 23.3 Å². The predicted octanol–water partition coefficient (Wildman–Crippen LogP) is 15.8. The summed E-state index contributed by atoms with van der Waals surface area (Å²) in [7, 11) is 0. The third kappa shape index (κ3) is 6.39. The van der Waals surface area contributed by atoms with Gasteiger partial charge in [0.2, 0.25) is 0 Å². The van der Waals surface area contributed by atoms with Gasteiger partial charge in [-0.3, -0.25) is 0 Å². The lowest BCUT2D eigenvalue weighted by molar-refractivity contribution is 0.589. The van der Waals surface area contributed by atoms with Gasteiger partial charge in [-0.05, 0) is 105 Å². The van der Waals surface area contributed by atoms with Crippen LogP contribution in [0.1, 0.15) is 5.56 Å². The summed E-state index contributed by atoms with van der Waals surface area (Å²) in [6, 6.07) is 53.8. The van der Waals surface area contributed by atoms with E-state index in [0.29, 0.717) is 45.1 Å². The van der Waals surface area contributed by atoms with E-state index in [2.05, 4.69) is 10.9 Å². The Labute approximate surface area is 354 Å². The van der Waals surface area contributed by atoms with Crippen molar-refractivity contribution in [3.05, 3.63) is 222 Å². The van der Waals surface area contributed by atoms with Crippen molar-refractivity contribution >= 4 is 72.1 Å². The smallest absolute Gasteiger partial charge is 0.187 e. The highest BCUT2D eigenvalue weighted by Crippen LogP contribution is 2.48. The molecule has 0 aliphatic heterocycles. The van der Waals surface area contributed by atoms with Gasteiger partial charge in [0.1, 0.15) is 23.3 Å². The highest BCUT2D eigenvalue weighted by atomic mass is 19.1. The molecule has 0 atom stereocenters. The molecule has 0 bridgehead atoms. The van der Waals surface area contributed by atoms with Crippen LogP contribution in [0.25, 0.3) is 59.4 Å². The van der Waals surface area contributed by atoms with Gasteiger partial charge in [0.15, 0.2) is 5.69 Å². The van der Waals surface area contributed by atoms with Gasteiger partial charge in [0.05, 0.1) is 52.1 Å². The second-order valence-electron chi connectivity index (χ2n) is 14.9. The third-order valence-electron chi connectivity index (χ3n) is 11.3. The largest absolute Gasteiger partial charge is 0.310 e. The molecule has 0 amide bonds. The van der Waals surface area contributed by atoms with Gasteiger partial charge in [-0.2, -0.15) is 5.26 Å². The van der Waals surface area contributed by atoms with Crippen molar-refractivity contribution in [3.63, 3.8) is 0 Å². The summed E-state index contributed by atoms with van der Waals surface area (Å²) in [5, 5.41) is 14.7. The molecule has 0 heterocycles. The van der Waals surface area contributed by atoms with Crippen LogP contribution in [0.4, 0.5) is 57.4 Å². The fourth-order valence-corrected chi connectivity index (χ4v) is 8.51. The average molecular weight is 811 g/mol. The van der Waals surface area contributed by atoms with Crippen LogP contribution in [0, 0.1) is 41.2 Å². The molecule has 0 fully saturated rings. The summed E-state index contributed by atoms with van der Waals surface area (Å²) >= 11 is 0. The van der Waals surface area contributed by atoms with Gasteiger partial charge in [-0.15, -0.1) is 0 Å². The molecule has 0 saturated carbocycles. The number of hydrogen-bond donors (Lipinski definition) is 0. The van der Waals surface area contributed by atoms with Crippen LogP contribution in [-0.2, 0) is 0 Å². The molecule has 0 aliphatic carbocycles. The van der Waals surface area contributed by atoms with E-state index in [1.54, 1.807) is 119 Å². The molecule has 62 heavy (non-hydrogen) atoms. The first kappa shape index (κ1) is 37.8. The fraction of sp³-hybridized carbons (Fsp3) is 0. The maximum Gasteiger partial charge on any atom is 0.187 e. The number of benzene rings is 10. The highest BCUT2D eigenvalue weighted by Gasteiger charge is 2.25. The van der Waals surface area contributed by atoms with Crippen molar-refractivity contribution in [2.75, 3.05) is 9.80 Å². The van der Waals surface area contributed by atoms with E-state index in [1.807, 2.05) is 48.5 Å². The van der Waals surface area contributed by atoms with Crippen molar-refractivity contribution in [2.45, 2.75) is 0 Å². The Bertz CT molecular complexity index is 3140. The molecule has 0 spiro atoms.